The fourth-order valence-electron chi connectivity index (χ4n) is 2.51. The van der Waals surface area contributed by atoms with Gasteiger partial charge in [-0.1, -0.05) is 23.9 Å². The van der Waals surface area contributed by atoms with Crippen molar-refractivity contribution in [1.29, 1.82) is 0 Å². The Labute approximate surface area is 160 Å². The van der Waals surface area contributed by atoms with E-state index in [2.05, 4.69) is 20.6 Å². The molecule has 0 fully saturated rings. The van der Waals surface area contributed by atoms with E-state index in [0.29, 0.717) is 28.3 Å². The predicted molar refractivity (Wildman–Crippen MR) is 102 cm³/mol. The molecular formula is C17H20N6O3S. The monoisotopic (exact) mass is 388 g/mol. The van der Waals surface area contributed by atoms with Crippen molar-refractivity contribution in [2.45, 2.75) is 5.16 Å². The summed E-state index contributed by atoms with van der Waals surface area (Å²) in [7, 11) is 6.76. The Balaban J connectivity index is 1.68. The van der Waals surface area contributed by atoms with Crippen LogP contribution in [-0.2, 0) is 18.9 Å². The van der Waals surface area contributed by atoms with E-state index < -0.39 is 0 Å². The number of hydrogen-bond acceptors (Lipinski definition) is 7. The van der Waals surface area contributed by atoms with Crippen LogP contribution >= 0.6 is 11.8 Å². The zero-order valence-corrected chi connectivity index (χ0v) is 16.3. The van der Waals surface area contributed by atoms with Gasteiger partial charge in [-0.2, -0.15) is 0 Å². The molecule has 2 aromatic heterocycles. The van der Waals surface area contributed by atoms with Crippen LogP contribution in [0.1, 0.15) is 0 Å². The first-order chi connectivity index (χ1) is 13.0. The molecule has 2 heterocycles. The van der Waals surface area contributed by atoms with Gasteiger partial charge in [-0.3, -0.25) is 9.48 Å². The van der Waals surface area contributed by atoms with Crippen LogP contribution in [0.4, 0.5) is 5.69 Å². The molecule has 9 nitrogen and oxygen atoms in total. The zero-order chi connectivity index (χ0) is 19.4. The Morgan fingerprint density at radius 3 is 2.70 bits per heavy atom. The van der Waals surface area contributed by atoms with Crippen LogP contribution in [0, 0.1) is 0 Å². The molecule has 0 spiro atoms. The number of ether oxygens (including phenoxy) is 2. The van der Waals surface area contributed by atoms with Crippen LogP contribution in [0.15, 0.2) is 35.6 Å². The third-order valence-electron chi connectivity index (χ3n) is 3.78. The summed E-state index contributed by atoms with van der Waals surface area (Å²) in [6.07, 6.45) is 1.81. The van der Waals surface area contributed by atoms with E-state index in [1.807, 2.05) is 25.4 Å². The molecule has 1 N–H and O–H groups in total. The Hall–Kier alpha value is -3.01. The van der Waals surface area contributed by atoms with Gasteiger partial charge in [-0.25, -0.2) is 0 Å². The molecule has 142 valence electrons. The fraction of sp³-hybridized carbons (Fsp3) is 0.294. The molecule has 0 aliphatic carbocycles. The average Bonchev–Trinajstić information content (AvgIpc) is 3.22. The summed E-state index contributed by atoms with van der Waals surface area (Å²) >= 11 is 1.29. The van der Waals surface area contributed by atoms with Gasteiger partial charge in [0.05, 0.1) is 25.7 Å². The Morgan fingerprint density at radius 1 is 1.19 bits per heavy atom. The topological polar surface area (TPSA) is 96.1 Å². The van der Waals surface area contributed by atoms with Gasteiger partial charge in [0.15, 0.2) is 11.0 Å². The second kappa shape index (κ2) is 8.12. The number of carbonyl (C=O) groups excluding carboxylic acids is 1. The number of benzene rings is 1. The molecular weight excluding hydrogens is 368 g/mol. The van der Waals surface area contributed by atoms with E-state index in [0.717, 1.165) is 5.56 Å². The SMILES string of the molecule is COc1ccccc1NC(=O)CSc1nnc(-c2cn(C)nc2OC)n1C. The smallest absolute Gasteiger partial charge is 0.243 e. The Kier molecular flexibility index (Phi) is 5.65. The van der Waals surface area contributed by atoms with Crippen LogP contribution in [0.3, 0.4) is 0 Å². The van der Waals surface area contributed by atoms with Gasteiger partial charge >= 0.3 is 0 Å². The summed E-state index contributed by atoms with van der Waals surface area (Å²) in [4.78, 5) is 12.3. The minimum absolute atomic E-state index is 0.159. The number of para-hydroxylation sites is 2. The summed E-state index contributed by atoms with van der Waals surface area (Å²) < 4.78 is 14.0. The summed E-state index contributed by atoms with van der Waals surface area (Å²) in [6, 6.07) is 7.26. The van der Waals surface area contributed by atoms with Crippen molar-refractivity contribution < 1.29 is 14.3 Å². The van der Waals surface area contributed by atoms with Crippen LogP contribution in [-0.4, -0.2) is 50.4 Å². The molecule has 0 saturated carbocycles. The normalized spacial score (nSPS) is 10.7. The number of aromatic nitrogens is 5. The standard InChI is InChI=1S/C17H20N6O3S/c1-22-9-11(16(21-22)26-4)15-19-20-17(23(15)2)27-10-14(24)18-12-7-5-6-8-13(12)25-3/h5-9H,10H2,1-4H3,(H,18,24). The van der Waals surface area contributed by atoms with Crippen LogP contribution in [0.2, 0.25) is 0 Å². The largest absolute Gasteiger partial charge is 0.495 e. The first-order valence-electron chi connectivity index (χ1n) is 8.06. The Bertz CT molecular complexity index is 952. The number of carbonyl (C=O) groups is 1. The predicted octanol–water partition coefficient (Wildman–Crippen LogP) is 1.96. The lowest BCUT2D eigenvalue weighted by molar-refractivity contribution is -0.113. The lowest BCUT2D eigenvalue weighted by Crippen LogP contribution is -2.15. The molecule has 1 amide bonds. The molecule has 27 heavy (non-hydrogen) atoms. The van der Waals surface area contributed by atoms with Gasteiger partial charge in [0.1, 0.15) is 11.3 Å². The van der Waals surface area contributed by atoms with E-state index in [1.165, 1.54) is 11.8 Å². The molecule has 0 bridgehead atoms. The van der Waals surface area contributed by atoms with Crippen LogP contribution in [0.5, 0.6) is 11.6 Å². The second-order valence-electron chi connectivity index (χ2n) is 5.63. The molecule has 10 heteroatoms. The zero-order valence-electron chi connectivity index (χ0n) is 15.5. The van der Waals surface area contributed by atoms with Gasteiger partial charge in [0, 0.05) is 20.3 Å². The summed E-state index contributed by atoms with van der Waals surface area (Å²) in [5.41, 5.74) is 1.37. The summed E-state index contributed by atoms with van der Waals surface area (Å²) in [5, 5.41) is 16.0. The number of nitrogens with zero attached hydrogens (tertiary/aromatic N) is 5. The van der Waals surface area contributed by atoms with Crippen molar-refractivity contribution in [3.8, 4) is 23.0 Å². The van der Waals surface area contributed by atoms with Crippen molar-refractivity contribution in [1.82, 2.24) is 24.5 Å². The molecule has 0 aliphatic heterocycles. The van der Waals surface area contributed by atoms with Gasteiger partial charge in [-0.15, -0.1) is 15.3 Å². The van der Waals surface area contributed by atoms with Crippen molar-refractivity contribution >= 4 is 23.4 Å². The van der Waals surface area contributed by atoms with Gasteiger partial charge in [0.2, 0.25) is 11.8 Å². The van der Waals surface area contributed by atoms with Crippen LogP contribution < -0.4 is 14.8 Å². The molecule has 0 saturated heterocycles. The van der Waals surface area contributed by atoms with E-state index in [-0.39, 0.29) is 11.7 Å². The lowest BCUT2D eigenvalue weighted by atomic mass is 10.3. The molecule has 0 radical (unpaired) electrons. The maximum atomic E-state index is 12.3. The second-order valence-corrected chi connectivity index (χ2v) is 6.57. The fourth-order valence-corrected chi connectivity index (χ4v) is 3.22. The molecule has 1 aromatic carbocycles. The first kappa shape index (κ1) is 18.8. The molecule has 3 rings (SSSR count). The van der Waals surface area contributed by atoms with E-state index in [9.17, 15) is 4.79 Å². The minimum atomic E-state index is -0.159. The third-order valence-corrected chi connectivity index (χ3v) is 4.80. The average molecular weight is 388 g/mol. The number of aryl methyl sites for hydroxylation is 1. The van der Waals surface area contributed by atoms with E-state index in [4.69, 9.17) is 9.47 Å². The number of methoxy groups -OCH3 is 2. The molecule has 3 aromatic rings. The molecule has 0 atom stereocenters. The van der Waals surface area contributed by atoms with Gasteiger partial charge in [-0.05, 0) is 12.1 Å². The number of anilines is 1. The third kappa shape index (κ3) is 4.05. The quantitative estimate of drug-likeness (QED) is 0.618. The van der Waals surface area contributed by atoms with Gasteiger partial charge in [0.25, 0.3) is 0 Å². The van der Waals surface area contributed by atoms with Crippen molar-refractivity contribution in [3.63, 3.8) is 0 Å². The number of hydrogen-bond donors (Lipinski definition) is 1. The minimum Gasteiger partial charge on any atom is -0.495 e. The number of nitrogens with one attached hydrogen (secondary N) is 1. The number of rotatable bonds is 7. The summed E-state index contributed by atoms with van der Waals surface area (Å²) in [5.74, 6) is 1.73. The maximum absolute atomic E-state index is 12.3. The van der Waals surface area contributed by atoms with Crippen molar-refractivity contribution in [2.24, 2.45) is 14.1 Å². The van der Waals surface area contributed by atoms with E-state index >= 15 is 0 Å². The van der Waals surface area contributed by atoms with Crippen molar-refractivity contribution in [2.75, 3.05) is 25.3 Å². The highest BCUT2D eigenvalue weighted by Crippen LogP contribution is 2.29. The van der Waals surface area contributed by atoms with Crippen LogP contribution in [0.25, 0.3) is 11.4 Å². The van der Waals surface area contributed by atoms with Crippen molar-refractivity contribution in [3.05, 3.63) is 30.5 Å². The first-order valence-corrected chi connectivity index (χ1v) is 9.05. The summed E-state index contributed by atoms with van der Waals surface area (Å²) in [6.45, 7) is 0. The number of thioether (sulfide) groups is 1. The van der Waals surface area contributed by atoms with Gasteiger partial charge < -0.3 is 19.4 Å². The highest BCUT2D eigenvalue weighted by molar-refractivity contribution is 7.99. The highest BCUT2D eigenvalue weighted by atomic mass is 32.2. The molecule has 0 aliphatic rings. The number of amides is 1. The highest BCUT2D eigenvalue weighted by Gasteiger charge is 2.19. The van der Waals surface area contributed by atoms with E-state index in [1.54, 1.807) is 42.6 Å². The Morgan fingerprint density at radius 2 is 1.96 bits per heavy atom. The lowest BCUT2D eigenvalue weighted by Gasteiger charge is -2.09. The maximum Gasteiger partial charge on any atom is 0.243 e. The molecule has 0 unspecified atom stereocenters.